The van der Waals surface area contributed by atoms with Crippen LogP contribution in [0.3, 0.4) is 0 Å². The maximum atomic E-state index is 11.6. The highest BCUT2D eigenvalue weighted by Gasteiger charge is 2.28. The van der Waals surface area contributed by atoms with Crippen molar-refractivity contribution in [3.05, 3.63) is 0 Å². The van der Waals surface area contributed by atoms with Crippen molar-refractivity contribution in [1.29, 1.82) is 0 Å². The second-order valence-corrected chi connectivity index (χ2v) is 4.42. The van der Waals surface area contributed by atoms with Gasteiger partial charge < -0.3 is 4.90 Å². The Morgan fingerprint density at radius 3 is 2.38 bits per heavy atom. The van der Waals surface area contributed by atoms with Crippen LogP contribution in [-0.4, -0.2) is 29.8 Å². The van der Waals surface area contributed by atoms with Crippen LogP contribution >= 0.6 is 11.6 Å². The summed E-state index contributed by atoms with van der Waals surface area (Å²) in [5, 5.41) is 0. The Labute approximate surface area is 85.2 Å². The molecular weight excluding hydrogens is 186 g/mol. The second kappa shape index (κ2) is 4.85. The van der Waals surface area contributed by atoms with Gasteiger partial charge in [-0.2, -0.15) is 0 Å². The lowest BCUT2D eigenvalue weighted by Crippen LogP contribution is -2.28. The zero-order valence-electron chi connectivity index (χ0n) is 8.42. The Bertz CT molecular complexity index is 174. The second-order valence-electron chi connectivity index (χ2n) is 4.05. The summed E-state index contributed by atoms with van der Waals surface area (Å²) >= 11 is 5.54. The number of carbonyl (C=O) groups is 1. The number of hydrogen-bond donors (Lipinski definition) is 0. The third-order valence-corrected chi connectivity index (χ3v) is 3.13. The van der Waals surface area contributed by atoms with Gasteiger partial charge in [0.1, 0.15) is 0 Å². The molecule has 1 amide bonds. The van der Waals surface area contributed by atoms with Crippen LogP contribution in [-0.2, 0) is 4.79 Å². The van der Waals surface area contributed by atoms with Crippen LogP contribution in [0.15, 0.2) is 0 Å². The molecule has 0 aliphatic carbocycles. The van der Waals surface area contributed by atoms with Crippen molar-refractivity contribution >= 4 is 17.5 Å². The third-order valence-electron chi connectivity index (χ3n) is 2.87. The maximum absolute atomic E-state index is 11.6. The number of amides is 1. The van der Waals surface area contributed by atoms with Crippen LogP contribution in [0.25, 0.3) is 0 Å². The normalized spacial score (nSPS) is 28.1. The minimum Gasteiger partial charge on any atom is -0.342 e. The van der Waals surface area contributed by atoms with E-state index >= 15 is 0 Å². The average Bonchev–Trinajstić information content (AvgIpc) is 2.43. The van der Waals surface area contributed by atoms with Crippen molar-refractivity contribution in [2.24, 2.45) is 11.8 Å². The van der Waals surface area contributed by atoms with Crippen LogP contribution in [0.1, 0.15) is 26.7 Å². The SMILES string of the molecule is CC1CN(C(=O)CCCCl)CC1C. The lowest BCUT2D eigenvalue weighted by atomic mass is 10.0. The van der Waals surface area contributed by atoms with Gasteiger partial charge in [-0.3, -0.25) is 4.79 Å². The highest BCUT2D eigenvalue weighted by atomic mass is 35.5. The Morgan fingerprint density at radius 1 is 1.38 bits per heavy atom. The van der Waals surface area contributed by atoms with Crippen molar-refractivity contribution in [3.8, 4) is 0 Å². The topological polar surface area (TPSA) is 20.3 Å². The van der Waals surface area contributed by atoms with Crippen LogP contribution in [0.4, 0.5) is 0 Å². The molecule has 0 spiro atoms. The molecule has 2 nitrogen and oxygen atoms in total. The number of carbonyl (C=O) groups excluding carboxylic acids is 1. The van der Waals surface area contributed by atoms with Crippen LogP contribution in [0.5, 0.6) is 0 Å². The van der Waals surface area contributed by atoms with E-state index in [4.69, 9.17) is 11.6 Å². The molecule has 0 bridgehead atoms. The van der Waals surface area contributed by atoms with Gasteiger partial charge in [0.25, 0.3) is 0 Å². The van der Waals surface area contributed by atoms with E-state index < -0.39 is 0 Å². The lowest BCUT2D eigenvalue weighted by Gasteiger charge is -2.15. The first kappa shape index (κ1) is 10.8. The molecule has 2 unspecified atom stereocenters. The van der Waals surface area contributed by atoms with E-state index in [1.54, 1.807) is 0 Å². The Hall–Kier alpha value is -0.240. The number of alkyl halides is 1. The zero-order chi connectivity index (χ0) is 9.84. The van der Waals surface area contributed by atoms with Gasteiger partial charge in [-0.05, 0) is 18.3 Å². The first-order valence-electron chi connectivity index (χ1n) is 4.99. The molecule has 0 N–H and O–H groups in total. The molecule has 0 aromatic heterocycles. The molecular formula is C10H18ClNO. The molecule has 1 aliphatic heterocycles. The predicted octanol–water partition coefficient (Wildman–Crippen LogP) is 2.12. The smallest absolute Gasteiger partial charge is 0.222 e. The molecule has 1 saturated heterocycles. The summed E-state index contributed by atoms with van der Waals surface area (Å²) in [6.45, 7) is 6.28. The fourth-order valence-electron chi connectivity index (χ4n) is 1.71. The summed E-state index contributed by atoms with van der Waals surface area (Å²) in [6.07, 6.45) is 1.42. The maximum Gasteiger partial charge on any atom is 0.222 e. The van der Waals surface area contributed by atoms with E-state index in [0.29, 0.717) is 24.1 Å². The van der Waals surface area contributed by atoms with Gasteiger partial charge in [0.05, 0.1) is 0 Å². The standard InChI is InChI=1S/C10H18ClNO/c1-8-6-12(7-9(8)2)10(13)4-3-5-11/h8-9H,3-7H2,1-2H3. The van der Waals surface area contributed by atoms with Crippen molar-refractivity contribution < 1.29 is 4.79 Å². The minimum atomic E-state index is 0.275. The van der Waals surface area contributed by atoms with Crippen molar-refractivity contribution in [2.45, 2.75) is 26.7 Å². The van der Waals surface area contributed by atoms with Gasteiger partial charge in [0.15, 0.2) is 0 Å². The van der Waals surface area contributed by atoms with E-state index in [-0.39, 0.29) is 5.91 Å². The molecule has 0 saturated carbocycles. The number of halogens is 1. The summed E-state index contributed by atoms with van der Waals surface area (Å²) in [7, 11) is 0. The molecule has 2 atom stereocenters. The highest BCUT2D eigenvalue weighted by Crippen LogP contribution is 2.22. The monoisotopic (exact) mass is 203 g/mol. The van der Waals surface area contributed by atoms with Gasteiger partial charge >= 0.3 is 0 Å². The van der Waals surface area contributed by atoms with E-state index in [9.17, 15) is 4.79 Å². The third kappa shape index (κ3) is 2.87. The summed E-state index contributed by atoms with van der Waals surface area (Å²) in [6, 6.07) is 0. The molecule has 1 aliphatic rings. The highest BCUT2D eigenvalue weighted by molar-refractivity contribution is 6.17. The van der Waals surface area contributed by atoms with Gasteiger partial charge in [0, 0.05) is 25.4 Å². The summed E-state index contributed by atoms with van der Waals surface area (Å²) in [5.41, 5.74) is 0. The van der Waals surface area contributed by atoms with Crippen LogP contribution in [0.2, 0.25) is 0 Å². The molecule has 0 aromatic carbocycles. The molecule has 1 fully saturated rings. The first-order chi connectivity index (χ1) is 6.15. The Kier molecular flexibility index (Phi) is 4.04. The number of nitrogens with zero attached hydrogens (tertiary/aromatic N) is 1. The Balaban J connectivity index is 2.33. The number of rotatable bonds is 3. The average molecular weight is 204 g/mol. The van der Waals surface area contributed by atoms with E-state index in [1.807, 2.05) is 4.90 Å². The van der Waals surface area contributed by atoms with Gasteiger partial charge in [-0.15, -0.1) is 11.6 Å². The predicted molar refractivity (Wildman–Crippen MR) is 54.9 cm³/mol. The van der Waals surface area contributed by atoms with Gasteiger partial charge in [-0.1, -0.05) is 13.8 Å². The fraction of sp³-hybridized carbons (Fsp3) is 0.900. The molecule has 13 heavy (non-hydrogen) atoms. The molecule has 0 aromatic rings. The van der Waals surface area contributed by atoms with Crippen molar-refractivity contribution in [2.75, 3.05) is 19.0 Å². The van der Waals surface area contributed by atoms with Gasteiger partial charge in [-0.25, -0.2) is 0 Å². The molecule has 3 heteroatoms. The van der Waals surface area contributed by atoms with Crippen molar-refractivity contribution in [1.82, 2.24) is 4.90 Å². The largest absolute Gasteiger partial charge is 0.342 e. The summed E-state index contributed by atoms with van der Waals surface area (Å²) in [4.78, 5) is 13.5. The quantitative estimate of drug-likeness (QED) is 0.644. The van der Waals surface area contributed by atoms with Crippen LogP contribution in [0, 0.1) is 11.8 Å². The molecule has 0 radical (unpaired) electrons. The molecule has 76 valence electrons. The first-order valence-corrected chi connectivity index (χ1v) is 5.52. The van der Waals surface area contributed by atoms with Crippen LogP contribution < -0.4 is 0 Å². The number of likely N-dealkylation sites (tertiary alicyclic amines) is 1. The van der Waals surface area contributed by atoms with E-state index in [2.05, 4.69) is 13.8 Å². The van der Waals surface area contributed by atoms with Crippen molar-refractivity contribution in [3.63, 3.8) is 0 Å². The number of hydrogen-bond acceptors (Lipinski definition) is 1. The van der Waals surface area contributed by atoms with E-state index in [1.165, 1.54) is 0 Å². The summed E-state index contributed by atoms with van der Waals surface area (Å²) in [5.74, 6) is 2.17. The van der Waals surface area contributed by atoms with Gasteiger partial charge in [0.2, 0.25) is 5.91 Å². The Morgan fingerprint density at radius 2 is 1.92 bits per heavy atom. The zero-order valence-corrected chi connectivity index (χ0v) is 9.18. The minimum absolute atomic E-state index is 0.275. The summed E-state index contributed by atoms with van der Waals surface area (Å²) < 4.78 is 0. The fourth-order valence-corrected chi connectivity index (χ4v) is 1.84. The molecule has 1 heterocycles. The molecule has 1 rings (SSSR count). The van der Waals surface area contributed by atoms with E-state index in [0.717, 1.165) is 19.5 Å². The lowest BCUT2D eigenvalue weighted by molar-refractivity contribution is -0.130.